The van der Waals surface area contributed by atoms with E-state index in [2.05, 4.69) is 40.5 Å². The second-order valence-electron chi connectivity index (χ2n) is 10.3. The molecule has 6 heteroatoms. The van der Waals surface area contributed by atoms with Crippen LogP contribution in [0.15, 0.2) is 60.7 Å². The van der Waals surface area contributed by atoms with E-state index in [-0.39, 0.29) is 17.9 Å². The van der Waals surface area contributed by atoms with Gasteiger partial charge in [0.05, 0.1) is 6.10 Å². The third-order valence-electron chi connectivity index (χ3n) is 7.97. The summed E-state index contributed by atoms with van der Waals surface area (Å²) in [4.78, 5) is 31.8. The van der Waals surface area contributed by atoms with Crippen LogP contribution in [0.1, 0.15) is 43.2 Å². The van der Waals surface area contributed by atoms with Crippen molar-refractivity contribution in [1.29, 1.82) is 0 Å². The smallest absolute Gasteiger partial charge is 0.246 e. The number of carbonyl (C=O) groups excluding carboxylic acids is 2. The van der Waals surface area contributed by atoms with Crippen LogP contribution >= 0.6 is 0 Å². The molecule has 186 valence electrons. The first kappa shape index (κ1) is 24.0. The van der Waals surface area contributed by atoms with Crippen molar-refractivity contribution < 1.29 is 14.3 Å². The van der Waals surface area contributed by atoms with Gasteiger partial charge < -0.3 is 19.9 Å². The molecule has 1 spiro atoms. The number of hydrogen-bond acceptors (Lipinski definition) is 4. The monoisotopic (exact) mass is 475 g/mol. The molecule has 2 amide bonds. The fraction of sp³-hybridized carbons (Fsp3) is 0.517. The van der Waals surface area contributed by atoms with Crippen molar-refractivity contribution >= 4 is 11.8 Å². The summed E-state index contributed by atoms with van der Waals surface area (Å²) in [5, 5.41) is 3.12. The Morgan fingerprint density at radius 2 is 1.63 bits per heavy atom. The van der Waals surface area contributed by atoms with E-state index in [1.807, 2.05) is 35.2 Å². The molecule has 0 bridgehead atoms. The van der Waals surface area contributed by atoms with Crippen molar-refractivity contribution in [2.45, 2.75) is 62.6 Å². The summed E-state index contributed by atoms with van der Waals surface area (Å²) in [6.45, 7) is 3.95. The Balaban J connectivity index is 1.25. The number of aryl methyl sites for hydroxylation is 1. The first-order valence-electron chi connectivity index (χ1n) is 13.2. The largest absolute Gasteiger partial charge is 0.376 e. The molecule has 5 rings (SSSR count). The Morgan fingerprint density at radius 1 is 0.943 bits per heavy atom. The lowest BCUT2D eigenvalue weighted by Crippen LogP contribution is -2.73. The highest BCUT2D eigenvalue weighted by atomic mass is 16.5. The van der Waals surface area contributed by atoms with Crippen LogP contribution < -0.4 is 5.32 Å². The van der Waals surface area contributed by atoms with Crippen molar-refractivity contribution in [3.05, 3.63) is 71.8 Å². The quantitative estimate of drug-likeness (QED) is 0.637. The van der Waals surface area contributed by atoms with Gasteiger partial charge in [0, 0.05) is 32.7 Å². The standard InChI is InChI=1S/C29H37N3O3/c33-27-26(21-24-11-5-2-6-12-24)30-28(34)29(32(27)22-25-14-8-20-35-25)15-18-31(19-16-29)17-7-13-23-9-3-1-4-10-23/h1-6,9-12,25-26H,7-8,13-22H2,(H,30,34). The molecule has 2 aromatic carbocycles. The van der Waals surface area contributed by atoms with E-state index in [0.717, 1.165) is 57.5 Å². The van der Waals surface area contributed by atoms with Gasteiger partial charge in [0.15, 0.2) is 0 Å². The Bertz CT molecular complexity index is 983. The molecule has 0 radical (unpaired) electrons. The first-order chi connectivity index (χ1) is 17.1. The van der Waals surface area contributed by atoms with E-state index in [0.29, 0.717) is 25.8 Å². The summed E-state index contributed by atoms with van der Waals surface area (Å²) >= 11 is 0. The number of rotatable bonds is 8. The van der Waals surface area contributed by atoms with Crippen molar-refractivity contribution in [2.24, 2.45) is 0 Å². The molecule has 2 unspecified atom stereocenters. The lowest BCUT2D eigenvalue weighted by atomic mass is 9.80. The number of nitrogens with zero attached hydrogens (tertiary/aromatic N) is 2. The SMILES string of the molecule is O=C1C(Cc2ccccc2)NC(=O)C2(CCN(CCCc3ccccc3)CC2)N1CC1CCCO1. The molecule has 35 heavy (non-hydrogen) atoms. The van der Waals surface area contributed by atoms with Gasteiger partial charge in [-0.15, -0.1) is 0 Å². The topological polar surface area (TPSA) is 61.9 Å². The van der Waals surface area contributed by atoms with E-state index in [1.54, 1.807) is 0 Å². The molecule has 0 aromatic heterocycles. The van der Waals surface area contributed by atoms with E-state index >= 15 is 0 Å². The van der Waals surface area contributed by atoms with E-state index in [4.69, 9.17) is 4.74 Å². The number of piperidine rings is 1. The summed E-state index contributed by atoms with van der Waals surface area (Å²) in [6.07, 6.45) is 6.05. The molecule has 3 aliphatic rings. The molecule has 2 atom stereocenters. The van der Waals surface area contributed by atoms with Gasteiger partial charge in [-0.25, -0.2) is 0 Å². The Kier molecular flexibility index (Phi) is 7.49. The van der Waals surface area contributed by atoms with Crippen molar-refractivity contribution in [2.75, 3.05) is 32.8 Å². The molecule has 6 nitrogen and oxygen atoms in total. The Hall–Kier alpha value is -2.70. The molecule has 3 aliphatic heterocycles. The molecule has 3 saturated heterocycles. The van der Waals surface area contributed by atoms with E-state index in [1.165, 1.54) is 5.56 Å². The maximum absolute atomic E-state index is 13.8. The summed E-state index contributed by atoms with van der Waals surface area (Å²) < 4.78 is 5.91. The normalized spacial score (nSPS) is 24.6. The molecular formula is C29H37N3O3. The molecular weight excluding hydrogens is 438 g/mol. The highest BCUT2D eigenvalue weighted by molar-refractivity contribution is 6.00. The minimum Gasteiger partial charge on any atom is -0.376 e. The van der Waals surface area contributed by atoms with Gasteiger partial charge in [0.25, 0.3) is 0 Å². The van der Waals surface area contributed by atoms with E-state index in [9.17, 15) is 9.59 Å². The number of amides is 2. The van der Waals surface area contributed by atoms with Gasteiger partial charge in [-0.2, -0.15) is 0 Å². The zero-order valence-corrected chi connectivity index (χ0v) is 20.5. The lowest BCUT2D eigenvalue weighted by Gasteiger charge is -2.52. The molecule has 1 N–H and O–H groups in total. The predicted molar refractivity (Wildman–Crippen MR) is 136 cm³/mol. The Labute approximate surface area is 208 Å². The van der Waals surface area contributed by atoms with E-state index < -0.39 is 11.6 Å². The molecule has 3 heterocycles. The first-order valence-corrected chi connectivity index (χ1v) is 13.2. The number of carbonyl (C=O) groups is 2. The van der Waals surface area contributed by atoms with Crippen LogP contribution in [0.2, 0.25) is 0 Å². The minimum absolute atomic E-state index is 0.0139. The minimum atomic E-state index is -0.758. The van der Waals surface area contributed by atoms with Crippen LogP contribution in [0.5, 0.6) is 0 Å². The van der Waals surface area contributed by atoms with Crippen molar-refractivity contribution in [3.8, 4) is 0 Å². The second kappa shape index (κ2) is 10.9. The van der Waals surface area contributed by atoms with Gasteiger partial charge in [-0.3, -0.25) is 9.59 Å². The number of benzene rings is 2. The predicted octanol–water partition coefficient (Wildman–Crippen LogP) is 3.20. The van der Waals surface area contributed by atoms with Gasteiger partial charge >= 0.3 is 0 Å². The maximum Gasteiger partial charge on any atom is 0.246 e. The summed E-state index contributed by atoms with van der Waals surface area (Å²) in [5.74, 6) is 0.0569. The van der Waals surface area contributed by atoms with Gasteiger partial charge in [-0.1, -0.05) is 60.7 Å². The average molecular weight is 476 g/mol. The maximum atomic E-state index is 13.8. The number of ether oxygens (including phenoxy) is 1. The third-order valence-corrected chi connectivity index (χ3v) is 7.97. The van der Waals surface area contributed by atoms with Crippen LogP contribution in [0, 0.1) is 0 Å². The van der Waals surface area contributed by atoms with Crippen LogP contribution in [-0.2, 0) is 27.2 Å². The second-order valence-corrected chi connectivity index (χ2v) is 10.3. The fourth-order valence-electron chi connectivity index (χ4n) is 5.92. The zero-order chi connectivity index (χ0) is 24.1. The number of piperazine rings is 1. The highest BCUT2D eigenvalue weighted by Crippen LogP contribution is 2.35. The van der Waals surface area contributed by atoms with Crippen LogP contribution in [0.25, 0.3) is 0 Å². The van der Waals surface area contributed by atoms with Gasteiger partial charge in [0.2, 0.25) is 11.8 Å². The third kappa shape index (κ3) is 5.44. The number of nitrogens with one attached hydrogen (secondary N) is 1. The summed E-state index contributed by atoms with van der Waals surface area (Å²) in [6, 6.07) is 20.0. The molecule has 0 aliphatic carbocycles. The zero-order valence-electron chi connectivity index (χ0n) is 20.5. The van der Waals surface area contributed by atoms with Crippen LogP contribution in [-0.4, -0.2) is 72.1 Å². The van der Waals surface area contributed by atoms with Crippen molar-refractivity contribution in [1.82, 2.24) is 15.1 Å². The van der Waals surface area contributed by atoms with Crippen LogP contribution in [0.4, 0.5) is 0 Å². The number of likely N-dealkylation sites (tertiary alicyclic amines) is 1. The summed E-state index contributed by atoms with van der Waals surface area (Å²) in [5.41, 5.74) is 1.67. The molecule has 2 aromatic rings. The van der Waals surface area contributed by atoms with Gasteiger partial charge in [-0.05, 0) is 56.2 Å². The lowest BCUT2D eigenvalue weighted by molar-refractivity contribution is -0.163. The van der Waals surface area contributed by atoms with Crippen molar-refractivity contribution in [3.63, 3.8) is 0 Å². The Morgan fingerprint density at radius 3 is 2.29 bits per heavy atom. The number of hydrogen-bond donors (Lipinski definition) is 1. The fourth-order valence-corrected chi connectivity index (χ4v) is 5.92. The highest BCUT2D eigenvalue weighted by Gasteiger charge is 2.54. The van der Waals surface area contributed by atoms with Crippen LogP contribution in [0.3, 0.4) is 0 Å². The average Bonchev–Trinajstić information content (AvgIpc) is 3.41. The van der Waals surface area contributed by atoms with Gasteiger partial charge in [0.1, 0.15) is 11.6 Å². The summed E-state index contributed by atoms with van der Waals surface area (Å²) in [7, 11) is 0. The molecule has 3 fully saturated rings. The molecule has 0 saturated carbocycles.